The smallest absolute Gasteiger partial charge is 0.240 e. The lowest BCUT2D eigenvalue weighted by atomic mass is 10.1. The van der Waals surface area contributed by atoms with Crippen molar-refractivity contribution < 1.29 is 4.79 Å². The van der Waals surface area contributed by atoms with Gasteiger partial charge in [0.2, 0.25) is 5.91 Å². The third-order valence-corrected chi connectivity index (χ3v) is 4.00. The van der Waals surface area contributed by atoms with Crippen LogP contribution in [0.3, 0.4) is 0 Å². The number of hydrazone groups is 1. The predicted octanol–water partition coefficient (Wildman–Crippen LogP) is 4.90. The van der Waals surface area contributed by atoms with Crippen molar-refractivity contribution in [2.45, 2.75) is 34.1 Å². The van der Waals surface area contributed by atoms with Crippen molar-refractivity contribution in [2.24, 2.45) is 11.0 Å². The number of rotatable bonds is 5. The highest BCUT2D eigenvalue weighted by Gasteiger charge is 2.11. The minimum atomic E-state index is -0.0864. The van der Waals surface area contributed by atoms with Crippen molar-refractivity contribution >= 4 is 35.3 Å². The quantitative estimate of drug-likeness (QED) is 0.594. The number of benzene rings is 1. The van der Waals surface area contributed by atoms with Gasteiger partial charge < -0.3 is 4.57 Å². The molecule has 1 aromatic carbocycles. The maximum Gasteiger partial charge on any atom is 0.240 e. The third-order valence-electron chi connectivity index (χ3n) is 3.56. The van der Waals surface area contributed by atoms with Crippen LogP contribution in [0.2, 0.25) is 10.0 Å². The molecule has 1 amide bonds. The van der Waals surface area contributed by atoms with Crippen molar-refractivity contribution in [3.63, 3.8) is 0 Å². The first kappa shape index (κ1) is 18.6. The fraction of sp³-hybridized carbons (Fsp3) is 0.333. The standard InChI is InChI=1S/C18H21Cl2N3O/c1-11(2)5-18(24)22-21-10-14-6-12(3)23(13(14)4)17-8-15(19)7-16(20)9-17/h6-11H,5H2,1-4H3,(H,22,24)/b21-10+. The van der Waals surface area contributed by atoms with Crippen LogP contribution in [-0.2, 0) is 4.79 Å². The molecule has 0 atom stereocenters. The third kappa shape index (κ3) is 4.62. The summed E-state index contributed by atoms with van der Waals surface area (Å²) < 4.78 is 2.05. The van der Waals surface area contributed by atoms with Crippen LogP contribution in [0.4, 0.5) is 0 Å². The van der Waals surface area contributed by atoms with Gasteiger partial charge in [0.25, 0.3) is 0 Å². The molecule has 0 unspecified atom stereocenters. The summed E-state index contributed by atoms with van der Waals surface area (Å²) >= 11 is 12.2. The van der Waals surface area contributed by atoms with E-state index in [4.69, 9.17) is 23.2 Å². The summed E-state index contributed by atoms with van der Waals surface area (Å²) in [5.74, 6) is 0.217. The van der Waals surface area contributed by atoms with Crippen LogP contribution in [0.5, 0.6) is 0 Å². The number of carbonyl (C=O) groups excluding carboxylic acids is 1. The van der Waals surface area contributed by atoms with E-state index >= 15 is 0 Å². The van der Waals surface area contributed by atoms with Gasteiger partial charge in [0.1, 0.15) is 0 Å². The summed E-state index contributed by atoms with van der Waals surface area (Å²) in [5, 5.41) is 5.22. The van der Waals surface area contributed by atoms with E-state index in [0.29, 0.717) is 22.4 Å². The van der Waals surface area contributed by atoms with E-state index in [1.54, 1.807) is 12.3 Å². The second kappa shape index (κ2) is 7.86. The first-order chi connectivity index (χ1) is 11.3. The molecule has 0 aliphatic carbocycles. The van der Waals surface area contributed by atoms with Gasteiger partial charge in [-0.1, -0.05) is 37.0 Å². The summed E-state index contributed by atoms with van der Waals surface area (Å²) in [5.41, 5.74) is 6.40. The van der Waals surface area contributed by atoms with Crippen LogP contribution in [0.25, 0.3) is 5.69 Å². The average molecular weight is 366 g/mol. The number of amides is 1. The first-order valence-electron chi connectivity index (χ1n) is 7.75. The van der Waals surface area contributed by atoms with Gasteiger partial charge >= 0.3 is 0 Å². The van der Waals surface area contributed by atoms with E-state index in [1.807, 2.05) is 45.9 Å². The monoisotopic (exact) mass is 365 g/mol. The summed E-state index contributed by atoms with van der Waals surface area (Å²) in [6.45, 7) is 7.97. The Kier molecular flexibility index (Phi) is 6.08. The van der Waals surface area contributed by atoms with Crippen LogP contribution in [0, 0.1) is 19.8 Å². The Bertz CT molecular complexity index is 759. The fourth-order valence-corrected chi connectivity index (χ4v) is 3.09. The highest BCUT2D eigenvalue weighted by Crippen LogP contribution is 2.25. The lowest BCUT2D eigenvalue weighted by Gasteiger charge is -2.10. The molecule has 1 heterocycles. The second-order valence-electron chi connectivity index (χ2n) is 6.18. The average Bonchev–Trinajstić information content (AvgIpc) is 2.71. The molecule has 6 heteroatoms. The zero-order chi connectivity index (χ0) is 17.9. The van der Waals surface area contributed by atoms with E-state index in [0.717, 1.165) is 22.6 Å². The highest BCUT2D eigenvalue weighted by molar-refractivity contribution is 6.34. The Labute approximate surface area is 152 Å². The van der Waals surface area contributed by atoms with Gasteiger partial charge in [0, 0.05) is 39.1 Å². The summed E-state index contributed by atoms with van der Waals surface area (Å²) in [7, 11) is 0. The number of aromatic nitrogens is 1. The number of aryl methyl sites for hydroxylation is 1. The molecule has 2 aromatic rings. The summed E-state index contributed by atoms with van der Waals surface area (Å²) in [6.07, 6.45) is 2.11. The van der Waals surface area contributed by atoms with Crippen molar-refractivity contribution in [1.82, 2.24) is 9.99 Å². The van der Waals surface area contributed by atoms with Crippen LogP contribution in [0.1, 0.15) is 37.2 Å². The molecule has 2 rings (SSSR count). The molecule has 24 heavy (non-hydrogen) atoms. The maximum absolute atomic E-state index is 11.6. The van der Waals surface area contributed by atoms with E-state index in [2.05, 4.69) is 15.1 Å². The highest BCUT2D eigenvalue weighted by atomic mass is 35.5. The van der Waals surface area contributed by atoms with Crippen LogP contribution in [-0.4, -0.2) is 16.7 Å². The second-order valence-corrected chi connectivity index (χ2v) is 7.05. The molecule has 0 aliphatic rings. The molecule has 0 saturated heterocycles. The SMILES string of the molecule is Cc1cc(/C=N/NC(=O)CC(C)C)c(C)n1-c1cc(Cl)cc(Cl)c1. The lowest BCUT2D eigenvalue weighted by molar-refractivity contribution is -0.121. The number of hydrogen-bond donors (Lipinski definition) is 1. The van der Waals surface area contributed by atoms with Crippen LogP contribution >= 0.6 is 23.2 Å². The molecule has 4 nitrogen and oxygen atoms in total. The Hall–Kier alpha value is -1.78. The zero-order valence-corrected chi connectivity index (χ0v) is 15.7. The Morgan fingerprint density at radius 1 is 1.21 bits per heavy atom. The Balaban J connectivity index is 2.24. The van der Waals surface area contributed by atoms with Crippen molar-refractivity contribution in [1.29, 1.82) is 0 Å². The van der Waals surface area contributed by atoms with Crippen molar-refractivity contribution in [3.8, 4) is 5.69 Å². The largest absolute Gasteiger partial charge is 0.318 e. The maximum atomic E-state index is 11.6. The number of nitrogens with zero attached hydrogens (tertiary/aromatic N) is 2. The molecule has 1 N–H and O–H groups in total. The van der Waals surface area contributed by atoms with Gasteiger partial charge in [-0.05, 0) is 44.0 Å². The molecule has 1 aromatic heterocycles. The van der Waals surface area contributed by atoms with Gasteiger partial charge in [0.15, 0.2) is 0 Å². The molecule has 0 spiro atoms. The van der Waals surface area contributed by atoms with Crippen molar-refractivity contribution in [3.05, 3.63) is 51.3 Å². The number of carbonyl (C=O) groups is 1. The molecular formula is C18H21Cl2N3O. The summed E-state index contributed by atoms with van der Waals surface area (Å²) in [4.78, 5) is 11.6. The van der Waals surface area contributed by atoms with Crippen molar-refractivity contribution in [2.75, 3.05) is 0 Å². The van der Waals surface area contributed by atoms with E-state index < -0.39 is 0 Å². The number of hydrogen-bond acceptors (Lipinski definition) is 2. The van der Waals surface area contributed by atoms with Gasteiger partial charge in [0.05, 0.1) is 6.21 Å². The minimum Gasteiger partial charge on any atom is -0.318 e. The normalized spacial score (nSPS) is 11.5. The van der Waals surface area contributed by atoms with E-state index in [-0.39, 0.29) is 5.91 Å². The summed E-state index contributed by atoms with van der Waals surface area (Å²) in [6, 6.07) is 7.42. The van der Waals surface area contributed by atoms with Gasteiger partial charge in [-0.2, -0.15) is 5.10 Å². The first-order valence-corrected chi connectivity index (χ1v) is 8.51. The van der Waals surface area contributed by atoms with Crippen LogP contribution < -0.4 is 5.43 Å². The topological polar surface area (TPSA) is 46.4 Å². The molecule has 0 aliphatic heterocycles. The molecule has 128 valence electrons. The fourth-order valence-electron chi connectivity index (χ4n) is 2.57. The van der Waals surface area contributed by atoms with Crippen LogP contribution in [0.15, 0.2) is 29.4 Å². The Morgan fingerprint density at radius 3 is 2.42 bits per heavy atom. The molecule has 0 bridgehead atoms. The molecular weight excluding hydrogens is 345 g/mol. The minimum absolute atomic E-state index is 0.0864. The molecule has 0 radical (unpaired) electrons. The van der Waals surface area contributed by atoms with Gasteiger partial charge in [-0.15, -0.1) is 0 Å². The molecule has 0 fully saturated rings. The van der Waals surface area contributed by atoms with E-state index in [1.165, 1.54) is 0 Å². The Morgan fingerprint density at radius 2 is 1.83 bits per heavy atom. The lowest BCUT2D eigenvalue weighted by Crippen LogP contribution is -2.19. The zero-order valence-electron chi connectivity index (χ0n) is 14.2. The van der Waals surface area contributed by atoms with E-state index in [9.17, 15) is 4.79 Å². The number of halogens is 2. The molecule has 0 saturated carbocycles. The predicted molar refractivity (Wildman–Crippen MR) is 100 cm³/mol. The number of nitrogens with one attached hydrogen (secondary N) is 1. The van der Waals surface area contributed by atoms with Gasteiger partial charge in [-0.3, -0.25) is 4.79 Å². The van der Waals surface area contributed by atoms with Gasteiger partial charge in [-0.25, -0.2) is 5.43 Å².